The molecule has 2 saturated heterocycles. The van der Waals surface area contributed by atoms with Gasteiger partial charge in [-0.25, -0.2) is 9.78 Å². The minimum Gasteiger partial charge on any atom is -0.465 e. The minimum atomic E-state index is -0.318. The van der Waals surface area contributed by atoms with Crippen LogP contribution in [0.5, 0.6) is 0 Å². The zero-order valence-corrected chi connectivity index (χ0v) is 18.5. The van der Waals surface area contributed by atoms with Crippen LogP contribution in [0.4, 0.5) is 11.8 Å². The third-order valence-corrected chi connectivity index (χ3v) is 6.44. The summed E-state index contributed by atoms with van der Waals surface area (Å²) in [6.45, 7) is 4.93. The van der Waals surface area contributed by atoms with Crippen LogP contribution in [0.2, 0.25) is 0 Å². The second-order valence-corrected chi connectivity index (χ2v) is 8.74. The Morgan fingerprint density at radius 3 is 2.78 bits per heavy atom. The van der Waals surface area contributed by atoms with E-state index in [0.29, 0.717) is 11.6 Å². The number of hydrogen-bond acceptors (Lipinski definition) is 7. The van der Waals surface area contributed by atoms with Crippen LogP contribution >= 0.6 is 0 Å². The second kappa shape index (κ2) is 9.16. The quantitative estimate of drug-likeness (QED) is 0.575. The summed E-state index contributed by atoms with van der Waals surface area (Å²) in [6, 6.07) is 8.03. The van der Waals surface area contributed by atoms with E-state index in [9.17, 15) is 4.79 Å². The lowest BCUT2D eigenvalue weighted by Crippen LogP contribution is -2.54. The van der Waals surface area contributed by atoms with E-state index in [2.05, 4.69) is 25.1 Å². The third kappa shape index (κ3) is 4.41. The van der Waals surface area contributed by atoms with Gasteiger partial charge in [-0.05, 0) is 36.6 Å². The highest BCUT2D eigenvalue weighted by atomic mass is 16.5. The monoisotopic (exact) mass is 434 g/mol. The molecule has 2 aliphatic heterocycles. The van der Waals surface area contributed by atoms with Crippen LogP contribution in [0, 0.1) is 0 Å². The molecule has 168 valence electrons. The largest absolute Gasteiger partial charge is 0.465 e. The van der Waals surface area contributed by atoms with Crippen LogP contribution in [-0.2, 0) is 11.3 Å². The normalized spacial score (nSPS) is 17.7. The van der Waals surface area contributed by atoms with E-state index >= 15 is 0 Å². The molecule has 0 radical (unpaired) electrons. The van der Waals surface area contributed by atoms with Crippen LogP contribution in [-0.4, -0.2) is 65.2 Å². The number of nitrogens with zero attached hydrogens (tertiary/aromatic N) is 4. The van der Waals surface area contributed by atoms with Crippen molar-refractivity contribution in [2.24, 2.45) is 0 Å². The van der Waals surface area contributed by atoms with Crippen molar-refractivity contribution in [1.82, 2.24) is 19.9 Å². The molecule has 0 spiro atoms. The van der Waals surface area contributed by atoms with Gasteiger partial charge in [-0.2, -0.15) is 4.98 Å². The predicted octanol–water partition coefficient (Wildman–Crippen LogP) is 3.42. The van der Waals surface area contributed by atoms with Crippen molar-refractivity contribution in [3.8, 4) is 0 Å². The number of methoxy groups -OCH3 is 1. The Balaban J connectivity index is 1.17. The summed E-state index contributed by atoms with van der Waals surface area (Å²) >= 11 is 0. The van der Waals surface area contributed by atoms with Gasteiger partial charge >= 0.3 is 5.97 Å². The summed E-state index contributed by atoms with van der Waals surface area (Å²) in [4.78, 5) is 29.0. The number of hydrogen-bond donors (Lipinski definition) is 2. The molecule has 0 aliphatic carbocycles. The van der Waals surface area contributed by atoms with Crippen LogP contribution < -0.4 is 10.2 Å². The summed E-state index contributed by atoms with van der Waals surface area (Å²) < 4.78 is 4.81. The van der Waals surface area contributed by atoms with Crippen molar-refractivity contribution in [3.63, 3.8) is 0 Å². The fourth-order valence-corrected chi connectivity index (χ4v) is 4.67. The number of anilines is 2. The first kappa shape index (κ1) is 20.8. The third-order valence-electron chi connectivity index (χ3n) is 6.44. The number of likely N-dealkylation sites (tertiary alicyclic amines) is 1. The van der Waals surface area contributed by atoms with Gasteiger partial charge < -0.3 is 19.9 Å². The van der Waals surface area contributed by atoms with Gasteiger partial charge in [0.25, 0.3) is 0 Å². The summed E-state index contributed by atoms with van der Waals surface area (Å²) in [5, 5.41) is 4.64. The highest BCUT2D eigenvalue weighted by molar-refractivity contribution is 5.95. The number of ether oxygens (including phenoxy) is 1. The van der Waals surface area contributed by atoms with Gasteiger partial charge in [0.1, 0.15) is 5.82 Å². The summed E-state index contributed by atoms with van der Waals surface area (Å²) in [6.07, 6.45) is 8.99. The maximum Gasteiger partial charge on any atom is 0.337 e. The van der Waals surface area contributed by atoms with Crippen molar-refractivity contribution in [2.45, 2.75) is 38.3 Å². The van der Waals surface area contributed by atoms with Crippen molar-refractivity contribution in [3.05, 3.63) is 47.8 Å². The standard InChI is InChI=1S/C24H30N6O2/c1-32-23(31)17-6-7-20-18(13-26-21(20)12-17)14-29-15-19(16-29)27-24-25-9-8-22(28-24)30-10-4-2-3-5-11-30/h6-9,12-13,19,26H,2-5,10-11,14-16H2,1H3,(H,25,27,28). The number of benzene rings is 1. The molecule has 0 atom stereocenters. The predicted molar refractivity (Wildman–Crippen MR) is 125 cm³/mol. The Morgan fingerprint density at radius 2 is 2.00 bits per heavy atom. The molecule has 0 bridgehead atoms. The van der Waals surface area contributed by atoms with Crippen molar-refractivity contribution in [2.75, 3.05) is 43.5 Å². The minimum absolute atomic E-state index is 0.318. The number of nitrogens with one attached hydrogen (secondary N) is 2. The van der Waals surface area contributed by atoms with Crippen LogP contribution in [0.3, 0.4) is 0 Å². The highest BCUT2D eigenvalue weighted by Crippen LogP contribution is 2.24. The molecule has 2 aliphatic rings. The van der Waals surface area contributed by atoms with Gasteiger partial charge in [0.15, 0.2) is 0 Å². The molecule has 0 unspecified atom stereocenters. The maximum absolute atomic E-state index is 11.7. The van der Waals surface area contributed by atoms with E-state index in [1.165, 1.54) is 38.4 Å². The molecule has 1 aromatic carbocycles. The van der Waals surface area contributed by atoms with E-state index < -0.39 is 0 Å². The fourth-order valence-electron chi connectivity index (χ4n) is 4.67. The molecule has 8 heteroatoms. The number of carbonyl (C=O) groups is 1. The maximum atomic E-state index is 11.7. The van der Waals surface area contributed by atoms with Gasteiger partial charge in [0.2, 0.25) is 5.95 Å². The first-order chi connectivity index (χ1) is 15.7. The van der Waals surface area contributed by atoms with E-state index in [4.69, 9.17) is 9.72 Å². The van der Waals surface area contributed by atoms with Gasteiger partial charge in [0.05, 0.1) is 18.7 Å². The first-order valence-corrected chi connectivity index (χ1v) is 11.4. The van der Waals surface area contributed by atoms with E-state index in [-0.39, 0.29) is 5.97 Å². The van der Waals surface area contributed by atoms with Gasteiger partial charge in [0, 0.05) is 56.0 Å². The molecule has 3 aromatic rings. The molecule has 8 nitrogen and oxygen atoms in total. The van der Waals surface area contributed by atoms with E-state index in [1.54, 1.807) is 0 Å². The van der Waals surface area contributed by atoms with Gasteiger partial charge in [-0.15, -0.1) is 0 Å². The molecule has 2 fully saturated rings. The zero-order valence-electron chi connectivity index (χ0n) is 18.5. The number of carbonyl (C=O) groups excluding carboxylic acids is 1. The number of fused-ring (bicyclic) bond motifs is 1. The summed E-state index contributed by atoms with van der Waals surface area (Å²) in [5.41, 5.74) is 2.75. The Labute approximate surface area is 188 Å². The van der Waals surface area contributed by atoms with E-state index in [1.807, 2.05) is 36.7 Å². The smallest absolute Gasteiger partial charge is 0.337 e. The van der Waals surface area contributed by atoms with Crippen LogP contribution in [0.1, 0.15) is 41.6 Å². The molecule has 2 N–H and O–H groups in total. The average Bonchev–Trinajstić information content (AvgIpc) is 3.00. The number of aromatic nitrogens is 3. The van der Waals surface area contributed by atoms with E-state index in [0.717, 1.165) is 55.4 Å². The van der Waals surface area contributed by atoms with Crippen molar-refractivity contribution < 1.29 is 9.53 Å². The molecule has 4 heterocycles. The van der Waals surface area contributed by atoms with Crippen LogP contribution in [0.25, 0.3) is 10.9 Å². The van der Waals surface area contributed by atoms with Crippen molar-refractivity contribution in [1.29, 1.82) is 0 Å². The topological polar surface area (TPSA) is 86.4 Å². The van der Waals surface area contributed by atoms with Gasteiger partial charge in [-0.3, -0.25) is 4.90 Å². The summed E-state index contributed by atoms with van der Waals surface area (Å²) in [5.74, 6) is 1.44. The lowest BCUT2D eigenvalue weighted by molar-refractivity contribution is 0.0601. The van der Waals surface area contributed by atoms with Gasteiger partial charge in [-0.1, -0.05) is 18.9 Å². The number of aromatic amines is 1. The average molecular weight is 435 g/mol. The van der Waals surface area contributed by atoms with Crippen LogP contribution in [0.15, 0.2) is 36.7 Å². The SMILES string of the molecule is COC(=O)c1ccc2c(CN3CC(Nc4nccc(N5CCCCCC5)n4)C3)c[nH]c2c1. The zero-order chi connectivity index (χ0) is 21.9. The molecule has 5 rings (SSSR count). The second-order valence-electron chi connectivity index (χ2n) is 8.74. The first-order valence-electron chi connectivity index (χ1n) is 11.4. The molecule has 32 heavy (non-hydrogen) atoms. The lowest BCUT2D eigenvalue weighted by Gasteiger charge is -2.39. The number of H-pyrrole nitrogens is 1. The Bertz CT molecular complexity index is 1080. The number of esters is 1. The Hall–Kier alpha value is -3.13. The number of rotatable bonds is 6. The Morgan fingerprint density at radius 1 is 1.19 bits per heavy atom. The fraction of sp³-hybridized carbons (Fsp3) is 0.458. The molecular weight excluding hydrogens is 404 g/mol. The Kier molecular flexibility index (Phi) is 5.94. The van der Waals surface area contributed by atoms with Crippen molar-refractivity contribution >= 4 is 28.6 Å². The molecular formula is C24H30N6O2. The summed E-state index contributed by atoms with van der Waals surface area (Å²) in [7, 11) is 1.40. The molecule has 0 saturated carbocycles. The highest BCUT2D eigenvalue weighted by Gasteiger charge is 2.28. The molecule has 2 aromatic heterocycles. The molecule has 0 amide bonds. The lowest BCUT2D eigenvalue weighted by atomic mass is 10.1.